The van der Waals surface area contributed by atoms with Crippen LogP contribution in [0.4, 0.5) is 0 Å². The van der Waals surface area contributed by atoms with Gasteiger partial charge in [0.05, 0.1) is 0 Å². The first kappa shape index (κ1) is 17.9. The van der Waals surface area contributed by atoms with E-state index in [1.807, 2.05) is 6.07 Å². The largest absolute Gasteiger partial charge is 0.437 e. The Kier molecular flexibility index (Phi) is 5.31. The molecule has 2 heterocycles. The number of aromatic nitrogens is 3. The molecule has 9 heteroatoms. The Morgan fingerprint density at radius 3 is 2.41 bits per heavy atom. The number of nitrogens with zero attached hydrogens (tertiary/aromatic N) is 3. The normalized spacial score (nSPS) is 11.6. The van der Waals surface area contributed by atoms with Gasteiger partial charge in [-0.2, -0.15) is 0 Å². The summed E-state index contributed by atoms with van der Waals surface area (Å²) >= 11 is 0. The van der Waals surface area contributed by atoms with Crippen molar-refractivity contribution in [1.82, 2.24) is 20.3 Å². The highest BCUT2D eigenvalue weighted by Gasteiger charge is 2.29. The monoisotopic (exact) mass is 365 g/mol. The zero-order valence-corrected chi connectivity index (χ0v) is 14.0. The molecule has 0 aliphatic heterocycles. The Morgan fingerprint density at radius 2 is 1.74 bits per heavy atom. The summed E-state index contributed by atoms with van der Waals surface area (Å²) in [4.78, 5) is 48.1. The molecule has 9 nitrogen and oxygen atoms in total. The van der Waals surface area contributed by atoms with Gasteiger partial charge in [-0.25, -0.2) is 15.0 Å². The second kappa shape index (κ2) is 8.00. The van der Waals surface area contributed by atoms with Crippen molar-refractivity contribution < 1.29 is 18.8 Å². The minimum Gasteiger partial charge on any atom is -0.437 e. The minimum absolute atomic E-state index is 0.0969. The van der Waals surface area contributed by atoms with Crippen LogP contribution in [0.3, 0.4) is 0 Å². The van der Waals surface area contributed by atoms with Crippen molar-refractivity contribution in [3.05, 3.63) is 66.5 Å². The lowest BCUT2D eigenvalue weighted by atomic mass is 10.0. The smallest absolute Gasteiger partial charge is 0.290 e. The topological polar surface area (TPSA) is 141 Å². The molecule has 1 aromatic carbocycles. The molecule has 1 unspecified atom stereocenters. The Hall–Kier alpha value is -3.88. The number of hydrogen-bond donors (Lipinski definition) is 2. The van der Waals surface area contributed by atoms with Gasteiger partial charge in [-0.15, -0.1) is 0 Å². The van der Waals surface area contributed by atoms with Crippen LogP contribution in [0.25, 0.3) is 11.5 Å². The average Bonchev–Trinajstić information content (AvgIpc) is 3.18. The van der Waals surface area contributed by atoms with Crippen molar-refractivity contribution in [1.29, 1.82) is 0 Å². The summed E-state index contributed by atoms with van der Waals surface area (Å²) in [5.74, 6) is -2.76. The standard InChI is InChI=1S/C18H15N5O4/c19-16(25)14(24)12(9-11-5-2-1-3-6-11)23-18(26)15-13(22-10-27-15)17-20-7-4-8-21-17/h1-8,10,12H,9H2,(H2,19,25)(H,23,26). The molecule has 2 amide bonds. The van der Waals surface area contributed by atoms with Crippen molar-refractivity contribution in [3.63, 3.8) is 0 Å². The van der Waals surface area contributed by atoms with Gasteiger partial charge in [0.25, 0.3) is 11.8 Å². The molecule has 3 rings (SSSR count). The zero-order chi connectivity index (χ0) is 19.2. The van der Waals surface area contributed by atoms with E-state index < -0.39 is 23.6 Å². The third-order valence-electron chi connectivity index (χ3n) is 3.70. The molecule has 3 aromatic rings. The summed E-state index contributed by atoms with van der Waals surface area (Å²) in [6.07, 6.45) is 4.16. The molecular weight excluding hydrogens is 350 g/mol. The fourth-order valence-electron chi connectivity index (χ4n) is 2.44. The highest BCUT2D eigenvalue weighted by molar-refractivity contribution is 6.38. The first-order valence-electron chi connectivity index (χ1n) is 7.95. The fraction of sp³-hybridized carbons (Fsp3) is 0.111. The first-order valence-corrected chi connectivity index (χ1v) is 7.95. The number of benzene rings is 1. The number of nitrogens with two attached hydrogens (primary N) is 1. The molecular formula is C18H15N5O4. The quantitative estimate of drug-likeness (QED) is 0.582. The van der Waals surface area contributed by atoms with Crippen molar-refractivity contribution in [2.24, 2.45) is 5.73 Å². The number of carbonyl (C=O) groups is 3. The van der Waals surface area contributed by atoms with E-state index in [2.05, 4.69) is 20.3 Å². The van der Waals surface area contributed by atoms with Crippen LogP contribution in [0.15, 0.2) is 59.6 Å². The predicted octanol–water partition coefficient (Wildman–Crippen LogP) is 0.527. The molecule has 2 aromatic heterocycles. The number of ketones is 1. The van der Waals surface area contributed by atoms with E-state index in [0.717, 1.165) is 12.0 Å². The maximum absolute atomic E-state index is 12.6. The molecule has 0 spiro atoms. The molecule has 0 aliphatic rings. The molecule has 136 valence electrons. The maximum atomic E-state index is 12.6. The highest BCUT2D eigenvalue weighted by Crippen LogP contribution is 2.18. The number of amides is 2. The Morgan fingerprint density at radius 1 is 1.04 bits per heavy atom. The van der Waals surface area contributed by atoms with Gasteiger partial charge in [0, 0.05) is 18.8 Å². The van der Waals surface area contributed by atoms with Gasteiger partial charge < -0.3 is 15.5 Å². The van der Waals surface area contributed by atoms with Gasteiger partial charge >= 0.3 is 0 Å². The van der Waals surface area contributed by atoms with Crippen LogP contribution in [-0.4, -0.2) is 38.6 Å². The first-order chi connectivity index (χ1) is 13.1. The summed E-state index contributed by atoms with van der Waals surface area (Å²) in [6, 6.07) is 9.38. The summed E-state index contributed by atoms with van der Waals surface area (Å²) < 4.78 is 5.14. The average molecular weight is 365 g/mol. The van der Waals surface area contributed by atoms with Crippen LogP contribution in [0.1, 0.15) is 16.1 Å². The van der Waals surface area contributed by atoms with Gasteiger partial charge in [-0.1, -0.05) is 30.3 Å². The molecule has 27 heavy (non-hydrogen) atoms. The van der Waals surface area contributed by atoms with Crippen LogP contribution in [0.5, 0.6) is 0 Å². The Bertz CT molecular complexity index is 956. The van der Waals surface area contributed by atoms with Crippen LogP contribution in [0.2, 0.25) is 0 Å². The van der Waals surface area contributed by atoms with Crippen LogP contribution in [0, 0.1) is 0 Å². The SMILES string of the molecule is NC(=O)C(=O)C(Cc1ccccc1)NC(=O)c1ocnc1-c1ncccn1. The van der Waals surface area contributed by atoms with Gasteiger partial charge in [-0.05, 0) is 11.6 Å². The number of rotatable bonds is 7. The lowest BCUT2D eigenvalue weighted by Crippen LogP contribution is -2.47. The van der Waals surface area contributed by atoms with E-state index in [1.165, 1.54) is 12.4 Å². The van der Waals surface area contributed by atoms with Gasteiger partial charge in [-0.3, -0.25) is 14.4 Å². The number of nitrogens with one attached hydrogen (secondary N) is 1. The van der Waals surface area contributed by atoms with Crippen molar-refractivity contribution in [3.8, 4) is 11.5 Å². The lowest BCUT2D eigenvalue weighted by molar-refractivity contribution is -0.137. The highest BCUT2D eigenvalue weighted by atomic mass is 16.3. The van der Waals surface area contributed by atoms with Crippen molar-refractivity contribution in [2.45, 2.75) is 12.5 Å². The number of oxazole rings is 1. The van der Waals surface area contributed by atoms with E-state index >= 15 is 0 Å². The maximum Gasteiger partial charge on any atom is 0.290 e. The van der Waals surface area contributed by atoms with E-state index in [-0.39, 0.29) is 23.7 Å². The Labute approximate surface area is 153 Å². The lowest BCUT2D eigenvalue weighted by Gasteiger charge is -2.15. The number of primary amides is 1. The third kappa shape index (κ3) is 4.21. The van der Waals surface area contributed by atoms with Crippen LogP contribution >= 0.6 is 0 Å². The fourth-order valence-corrected chi connectivity index (χ4v) is 2.44. The van der Waals surface area contributed by atoms with Crippen LogP contribution < -0.4 is 11.1 Å². The predicted molar refractivity (Wildman–Crippen MR) is 93.1 cm³/mol. The van der Waals surface area contributed by atoms with E-state index in [4.69, 9.17) is 10.2 Å². The summed E-state index contributed by atoms with van der Waals surface area (Å²) in [7, 11) is 0. The molecule has 0 saturated carbocycles. The van der Waals surface area contributed by atoms with Crippen LogP contribution in [-0.2, 0) is 16.0 Å². The summed E-state index contributed by atoms with van der Waals surface area (Å²) in [5.41, 5.74) is 5.99. The van der Waals surface area contributed by atoms with Gasteiger partial charge in [0.2, 0.25) is 11.5 Å². The molecule has 1 atom stereocenters. The molecule has 0 aliphatic carbocycles. The molecule has 3 N–H and O–H groups in total. The van der Waals surface area contributed by atoms with Gasteiger partial charge in [0.15, 0.2) is 17.9 Å². The third-order valence-corrected chi connectivity index (χ3v) is 3.70. The van der Waals surface area contributed by atoms with E-state index in [0.29, 0.717) is 0 Å². The van der Waals surface area contributed by atoms with Gasteiger partial charge in [0.1, 0.15) is 6.04 Å². The summed E-state index contributed by atoms with van der Waals surface area (Å²) in [5, 5.41) is 2.48. The van der Waals surface area contributed by atoms with Crippen molar-refractivity contribution >= 4 is 17.6 Å². The van der Waals surface area contributed by atoms with E-state index in [1.54, 1.807) is 30.3 Å². The number of carbonyl (C=O) groups excluding carboxylic acids is 3. The second-order valence-electron chi connectivity index (χ2n) is 5.55. The molecule has 0 bridgehead atoms. The number of hydrogen-bond acceptors (Lipinski definition) is 7. The Balaban J connectivity index is 1.84. The molecule has 0 saturated heterocycles. The van der Waals surface area contributed by atoms with E-state index in [9.17, 15) is 14.4 Å². The minimum atomic E-state index is -1.15. The second-order valence-corrected chi connectivity index (χ2v) is 5.55. The molecule has 0 fully saturated rings. The summed E-state index contributed by atoms with van der Waals surface area (Å²) in [6.45, 7) is 0. The number of Topliss-reactive ketones (excluding diaryl/α,β-unsaturated/α-hetero) is 1. The molecule has 0 radical (unpaired) electrons. The van der Waals surface area contributed by atoms with Crippen molar-refractivity contribution in [2.75, 3.05) is 0 Å². The zero-order valence-electron chi connectivity index (χ0n) is 14.0.